The number of rotatable bonds is 6. The van der Waals surface area contributed by atoms with E-state index in [9.17, 15) is 19.2 Å². The van der Waals surface area contributed by atoms with Crippen molar-refractivity contribution >= 4 is 23.7 Å². The first-order valence-electron chi connectivity index (χ1n) is 5.81. The molecule has 100 valence electrons. The Hall–Kier alpha value is -1.92. The lowest BCUT2D eigenvalue weighted by molar-refractivity contribution is -0.143. The van der Waals surface area contributed by atoms with Gasteiger partial charge >= 0.3 is 5.97 Å². The quantitative estimate of drug-likeness (QED) is 0.624. The number of carboxylic acids is 1. The highest BCUT2D eigenvalue weighted by atomic mass is 16.4. The van der Waals surface area contributed by atoms with Gasteiger partial charge in [0.2, 0.25) is 17.7 Å². The number of amides is 3. The van der Waals surface area contributed by atoms with Crippen LogP contribution in [0.3, 0.4) is 0 Å². The van der Waals surface area contributed by atoms with E-state index >= 15 is 0 Å². The van der Waals surface area contributed by atoms with Gasteiger partial charge in [-0.15, -0.1) is 0 Å². The van der Waals surface area contributed by atoms with Crippen LogP contribution in [0.15, 0.2) is 0 Å². The zero-order valence-corrected chi connectivity index (χ0v) is 10.1. The fourth-order valence-electron chi connectivity index (χ4n) is 1.69. The van der Waals surface area contributed by atoms with Crippen LogP contribution in [0, 0.1) is 0 Å². The topological polar surface area (TPSA) is 104 Å². The summed E-state index contributed by atoms with van der Waals surface area (Å²) in [5.41, 5.74) is 0. The Morgan fingerprint density at radius 1 is 1.33 bits per heavy atom. The first-order chi connectivity index (χ1) is 8.45. The lowest BCUT2D eigenvalue weighted by Crippen LogP contribution is -2.42. The lowest BCUT2D eigenvalue weighted by atomic mass is 10.2. The van der Waals surface area contributed by atoms with Gasteiger partial charge in [0, 0.05) is 25.8 Å². The summed E-state index contributed by atoms with van der Waals surface area (Å²) in [5.74, 6) is -2.13. The van der Waals surface area contributed by atoms with Gasteiger partial charge in [-0.05, 0) is 6.42 Å². The van der Waals surface area contributed by atoms with Crippen molar-refractivity contribution in [1.82, 2.24) is 10.2 Å². The molecular weight excluding hydrogens is 240 g/mol. The highest BCUT2D eigenvalue weighted by Crippen LogP contribution is 2.11. The molecule has 18 heavy (non-hydrogen) atoms. The second-order valence-electron chi connectivity index (χ2n) is 4.06. The second-order valence-corrected chi connectivity index (χ2v) is 4.06. The number of nitrogens with one attached hydrogen (secondary N) is 1. The number of nitrogens with zero attached hydrogens (tertiary/aromatic N) is 1. The molecule has 0 aromatic carbocycles. The Morgan fingerprint density at radius 3 is 2.33 bits per heavy atom. The van der Waals surface area contributed by atoms with Crippen LogP contribution in [0.1, 0.15) is 32.6 Å². The number of carbonyl (C=O) groups excluding carboxylic acids is 3. The molecule has 0 aliphatic carbocycles. The van der Waals surface area contributed by atoms with Gasteiger partial charge in [-0.25, -0.2) is 4.79 Å². The van der Waals surface area contributed by atoms with E-state index in [2.05, 4.69) is 5.32 Å². The maximum absolute atomic E-state index is 11.5. The van der Waals surface area contributed by atoms with Crippen LogP contribution >= 0.6 is 0 Å². The van der Waals surface area contributed by atoms with Gasteiger partial charge in [0.25, 0.3) is 0 Å². The monoisotopic (exact) mass is 256 g/mol. The van der Waals surface area contributed by atoms with E-state index < -0.39 is 17.9 Å². The fourth-order valence-corrected chi connectivity index (χ4v) is 1.69. The van der Waals surface area contributed by atoms with Gasteiger partial charge in [0.05, 0.1) is 0 Å². The Labute approximate surface area is 104 Å². The van der Waals surface area contributed by atoms with E-state index in [0.717, 1.165) is 4.90 Å². The summed E-state index contributed by atoms with van der Waals surface area (Å²) in [6, 6.07) is -0.928. The molecule has 1 fully saturated rings. The number of aliphatic carboxylic acids is 1. The van der Waals surface area contributed by atoms with E-state index in [-0.39, 0.29) is 44.0 Å². The van der Waals surface area contributed by atoms with Crippen LogP contribution in [0.4, 0.5) is 0 Å². The summed E-state index contributed by atoms with van der Waals surface area (Å²) < 4.78 is 0. The number of likely N-dealkylation sites (tertiary alicyclic amines) is 1. The number of hydrogen-bond donors (Lipinski definition) is 2. The van der Waals surface area contributed by atoms with Gasteiger partial charge in [0.1, 0.15) is 6.04 Å². The van der Waals surface area contributed by atoms with Crippen LogP contribution in [0.2, 0.25) is 0 Å². The highest BCUT2D eigenvalue weighted by Gasteiger charge is 2.29. The summed E-state index contributed by atoms with van der Waals surface area (Å²) in [4.78, 5) is 45.7. The molecule has 7 nitrogen and oxygen atoms in total. The minimum atomic E-state index is -1.10. The van der Waals surface area contributed by atoms with Gasteiger partial charge in [-0.2, -0.15) is 0 Å². The molecule has 2 N–H and O–H groups in total. The van der Waals surface area contributed by atoms with Crippen LogP contribution < -0.4 is 5.32 Å². The van der Waals surface area contributed by atoms with Crippen molar-refractivity contribution in [2.24, 2.45) is 0 Å². The molecule has 0 spiro atoms. The third kappa shape index (κ3) is 3.54. The number of carbonyl (C=O) groups is 4. The van der Waals surface area contributed by atoms with Crippen LogP contribution in [0.25, 0.3) is 0 Å². The molecular formula is C11H16N2O5. The predicted molar refractivity (Wildman–Crippen MR) is 60.4 cm³/mol. The SMILES string of the molecule is CC[C@@H](NC(=O)CCN1C(=O)CCC1=O)C(=O)O. The minimum Gasteiger partial charge on any atom is -0.480 e. The van der Waals surface area contributed by atoms with E-state index in [1.54, 1.807) is 6.92 Å². The van der Waals surface area contributed by atoms with Gasteiger partial charge in [-0.1, -0.05) is 6.92 Å². The molecule has 1 rings (SSSR count). The normalized spacial score (nSPS) is 16.8. The molecule has 0 aromatic rings. The molecule has 0 aromatic heterocycles. The van der Waals surface area contributed by atoms with Crippen molar-refractivity contribution < 1.29 is 24.3 Å². The van der Waals surface area contributed by atoms with Crippen LogP contribution in [-0.4, -0.2) is 46.3 Å². The highest BCUT2D eigenvalue weighted by molar-refractivity contribution is 6.02. The largest absolute Gasteiger partial charge is 0.480 e. The molecule has 0 bridgehead atoms. The van der Waals surface area contributed by atoms with Crippen molar-refractivity contribution in [2.75, 3.05) is 6.54 Å². The summed E-state index contributed by atoms with van der Waals surface area (Å²) in [5, 5.41) is 11.1. The molecule has 7 heteroatoms. The van der Waals surface area contributed by atoms with E-state index in [1.165, 1.54) is 0 Å². The Balaban J connectivity index is 2.39. The molecule has 1 atom stereocenters. The first-order valence-corrected chi connectivity index (χ1v) is 5.81. The third-order valence-electron chi connectivity index (χ3n) is 2.76. The van der Waals surface area contributed by atoms with E-state index in [1.807, 2.05) is 0 Å². The molecule has 0 unspecified atom stereocenters. The summed E-state index contributed by atoms with van der Waals surface area (Å²) in [6.07, 6.45) is 0.588. The van der Waals surface area contributed by atoms with Gasteiger partial charge in [0.15, 0.2) is 0 Å². The summed E-state index contributed by atoms with van der Waals surface area (Å²) >= 11 is 0. The van der Waals surface area contributed by atoms with E-state index in [4.69, 9.17) is 5.11 Å². The molecule has 0 saturated carbocycles. The Morgan fingerprint density at radius 2 is 1.89 bits per heavy atom. The maximum Gasteiger partial charge on any atom is 0.326 e. The van der Waals surface area contributed by atoms with Crippen LogP contribution in [-0.2, 0) is 19.2 Å². The smallest absolute Gasteiger partial charge is 0.326 e. The summed E-state index contributed by atoms with van der Waals surface area (Å²) in [6.45, 7) is 1.66. The third-order valence-corrected chi connectivity index (χ3v) is 2.76. The molecule has 0 radical (unpaired) electrons. The lowest BCUT2D eigenvalue weighted by Gasteiger charge is -2.15. The second kappa shape index (κ2) is 6.13. The Bertz CT molecular complexity index is 364. The zero-order chi connectivity index (χ0) is 13.7. The van der Waals surface area contributed by atoms with Gasteiger partial charge in [-0.3, -0.25) is 19.3 Å². The van der Waals surface area contributed by atoms with Crippen molar-refractivity contribution in [2.45, 2.75) is 38.6 Å². The fraction of sp³-hybridized carbons (Fsp3) is 0.636. The number of carboxylic acid groups (broad SMARTS) is 1. The molecule has 3 amide bonds. The molecule has 1 aliphatic heterocycles. The first kappa shape index (κ1) is 14.1. The predicted octanol–water partition coefficient (Wildman–Crippen LogP) is -0.495. The van der Waals surface area contributed by atoms with Crippen molar-refractivity contribution in [1.29, 1.82) is 0 Å². The standard InChI is InChI=1S/C11H16N2O5/c1-2-7(11(17)18)12-8(14)5-6-13-9(15)3-4-10(13)16/h7H,2-6H2,1H3,(H,12,14)(H,17,18)/t7-/m1/s1. The minimum absolute atomic E-state index is 0.0134. The zero-order valence-electron chi connectivity index (χ0n) is 10.1. The van der Waals surface area contributed by atoms with Crippen molar-refractivity contribution in [3.63, 3.8) is 0 Å². The number of imide groups is 1. The Kier molecular flexibility index (Phi) is 4.82. The molecule has 1 heterocycles. The van der Waals surface area contributed by atoms with Crippen molar-refractivity contribution in [3.8, 4) is 0 Å². The summed E-state index contributed by atoms with van der Waals surface area (Å²) in [7, 11) is 0. The molecule has 1 saturated heterocycles. The average molecular weight is 256 g/mol. The molecule has 1 aliphatic rings. The van der Waals surface area contributed by atoms with Crippen LogP contribution in [0.5, 0.6) is 0 Å². The average Bonchev–Trinajstić information content (AvgIpc) is 2.63. The maximum atomic E-state index is 11.5. The number of hydrogen-bond acceptors (Lipinski definition) is 4. The van der Waals surface area contributed by atoms with Gasteiger partial charge < -0.3 is 10.4 Å². The van der Waals surface area contributed by atoms with Crippen molar-refractivity contribution in [3.05, 3.63) is 0 Å². The van der Waals surface area contributed by atoms with E-state index in [0.29, 0.717) is 0 Å².